The van der Waals surface area contributed by atoms with E-state index in [-0.39, 0.29) is 11.9 Å². The summed E-state index contributed by atoms with van der Waals surface area (Å²) in [5.74, 6) is 1.37. The summed E-state index contributed by atoms with van der Waals surface area (Å²) in [6.07, 6.45) is 9.68. The molecule has 0 radical (unpaired) electrons. The van der Waals surface area contributed by atoms with E-state index in [1.807, 2.05) is 36.1 Å². The van der Waals surface area contributed by atoms with Crippen LogP contribution in [0.15, 0.2) is 33.9 Å². The van der Waals surface area contributed by atoms with Gasteiger partial charge in [-0.25, -0.2) is 0 Å². The molecule has 0 aliphatic carbocycles. The molecule has 0 bridgehead atoms. The van der Waals surface area contributed by atoms with Gasteiger partial charge in [-0.05, 0) is 31.7 Å². The first-order valence-corrected chi connectivity index (χ1v) is 11.8. The minimum absolute atomic E-state index is 0.0891. The van der Waals surface area contributed by atoms with E-state index in [4.69, 9.17) is 20.5 Å². The lowest BCUT2D eigenvalue weighted by Gasteiger charge is -2.14. The van der Waals surface area contributed by atoms with Gasteiger partial charge in [0.25, 0.3) is 0 Å². The molecule has 0 unspecified atom stereocenters. The van der Waals surface area contributed by atoms with E-state index in [1.165, 1.54) is 38.5 Å². The molecule has 8 nitrogen and oxygen atoms in total. The molecule has 1 fully saturated rings. The standard InChI is InChI=1S/C24H36N6O2/c1-3-4-5-6-7-8-9-16-31-28-18(2)19-10-12-20(13-11-19)22-27-23(32-29-22)21-14-15-30(17-21)24(25)26/h10-13,21H,3-9,14-17H2,1-2H3,(H3,25,26)/b28-18+/t21-/m1/s1. The molecule has 1 aromatic heterocycles. The van der Waals surface area contributed by atoms with Crippen LogP contribution in [0.1, 0.15) is 82.6 Å². The average molecular weight is 441 g/mol. The van der Waals surface area contributed by atoms with E-state index in [0.29, 0.717) is 24.9 Å². The molecule has 1 aliphatic rings. The number of benzene rings is 1. The number of nitrogens with two attached hydrogens (primary N) is 1. The predicted molar refractivity (Wildman–Crippen MR) is 127 cm³/mol. The van der Waals surface area contributed by atoms with E-state index in [9.17, 15) is 0 Å². The lowest BCUT2D eigenvalue weighted by atomic mass is 10.1. The van der Waals surface area contributed by atoms with E-state index in [1.54, 1.807) is 0 Å². The van der Waals surface area contributed by atoms with Gasteiger partial charge in [-0.3, -0.25) is 5.41 Å². The number of nitrogens with one attached hydrogen (secondary N) is 1. The molecule has 174 valence electrons. The van der Waals surface area contributed by atoms with Crippen molar-refractivity contribution in [3.05, 3.63) is 35.7 Å². The highest BCUT2D eigenvalue weighted by atomic mass is 16.6. The van der Waals surface area contributed by atoms with Crippen molar-refractivity contribution in [2.24, 2.45) is 10.9 Å². The van der Waals surface area contributed by atoms with Crippen LogP contribution in [0.3, 0.4) is 0 Å². The maximum Gasteiger partial charge on any atom is 0.231 e. The number of guanidine groups is 1. The van der Waals surface area contributed by atoms with Gasteiger partial charge in [-0.15, -0.1) is 0 Å². The van der Waals surface area contributed by atoms with Crippen LogP contribution in [0, 0.1) is 5.41 Å². The summed E-state index contributed by atoms with van der Waals surface area (Å²) in [5, 5.41) is 15.9. The lowest BCUT2D eigenvalue weighted by molar-refractivity contribution is 0.139. The number of nitrogens with zero attached hydrogens (tertiary/aromatic N) is 4. The smallest absolute Gasteiger partial charge is 0.231 e. The number of hydrogen-bond donors (Lipinski definition) is 2. The Hall–Kier alpha value is -2.90. The fourth-order valence-electron chi connectivity index (χ4n) is 3.88. The first kappa shape index (κ1) is 23.8. The maximum absolute atomic E-state index is 7.56. The Labute approximate surface area is 190 Å². The van der Waals surface area contributed by atoms with Crippen molar-refractivity contribution in [3.8, 4) is 11.4 Å². The second-order valence-corrected chi connectivity index (χ2v) is 8.48. The minimum Gasteiger partial charge on any atom is -0.396 e. The molecule has 0 amide bonds. The molecular formula is C24H36N6O2. The Morgan fingerprint density at radius 1 is 1.19 bits per heavy atom. The van der Waals surface area contributed by atoms with Crippen molar-refractivity contribution in [1.82, 2.24) is 15.0 Å². The molecule has 1 aromatic carbocycles. The Morgan fingerprint density at radius 3 is 2.59 bits per heavy atom. The van der Waals surface area contributed by atoms with Gasteiger partial charge in [-0.1, -0.05) is 73.6 Å². The van der Waals surface area contributed by atoms with E-state index < -0.39 is 0 Å². The molecule has 8 heteroatoms. The molecule has 1 atom stereocenters. The topological polar surface area (TPSA) is 114 Å². The van der Waals surface area contributed by atoms with Crippen LogP contribution in [-0.4, -0.2) is 46.4 Å². The number of hydrogen-bond acceptors (Lipinski definition) is 6. The first-order valence-electron chi connectivity index (χ1n) is 11.8. The fraction of sp³-hybridized carbons (Fsp3) is 0.583. The monoisotopic (exact) mass is 440 g/mol. The summed E-state index contributed by atoms with van der Waals surface area (Å²) in [6, 6.07) is 7.92. The van der Waals surface area contributed by atoms with Crippen LogP contribution in [0.25, 0.3) is 11.4 Å². The van der Waals surface area contributed by atoms with E-state index >= 15 is 0 Å². The Morgan fingerprint density at radius 2 is 1.91 bits per heavy atom. The Kier molecular flexibility index (Phi) is 9.07. The van der Waals surface area contributed by atoms with Gasteiger partial charge < -0.3 is 20.0 Å². The largest absolute Gasteiger partial charge is 0.396 e. The third kappa shape index (κ3) is 6.80. The van der Waals surface area contributed by atoms with Crippen LogP contribution in [0.4, 0.5) is 0 Å². The second-order valence-electron chi connectivity index (χ2n) is 8.48. The molecule has 3 rings (SSSR count). The minimum atomic E-state index is 0.0891. The van der Waals surface area contributed by atoms with Crippen molar-refractivity contribution >= 4 is 11.7 Å². The van der Waals surface area contributed by atoms with Crippen molar-refractivity contribution in [2.45, 2.75) is 71.1 Å². The molecule has 2 aromatic rings. The van der Waals surface area contributed by atoms with Gasteiger partial charge in [0.15, 0.2) is 5.96 Å². The van der Waals surface area contributed by atoms with Crippen LogP contribution in [0.2, 0.25) is 0 Å². The van der Waals surface area contributed by atoms with E-state index in [0.717, 1.165) is 36.2 Å². The van der Waals surface area contributed by atoms with Crippen LogP contribution in [-0.2, 0) is 4.84 Å². The highest BCUT2D eigenvalue weighted by Crippen LogP contribution is 2.27. The molecule has 1 aliphatic heterocycles. The van der Waals surface area contributed by atoms with Crippen molar-refractivity contribution < 1.29 is 9.36 Å². The summed E-state index contributed by atoms with van der Waals surface area (Å²) in [4.78, 5) is 11.9. The first-order chi connectivity index (χ1) is 15.6. The van der Waals surface area contributed by atoms with Crippen molar-refractivity contribution in [3.63, 3.8) is 0 Å². The highest BCUT2D eigenvalue weighted by molar-refractivity contribution is 5.98. The summed E-state index contributed by atoms with van der Waals surface area (Å²) in [7, 11) is 0. The highest BCUT2D eigenvalue weighted by Gasteiger charge is 2.29. The zero-order valence-corrected chi connectivity index (χ0v) is 19.3. The number of aromatic nitrogens is 2. The SMILES string of the molecule is CCCCCCCCCO/N=C(\C)c1ccc(-c2noc([C@@H]3CCN(C(=N)N)C3)n2)cc1. The lowest BCUT2D eigenvalue weighted by Crippen LogP contribution is -2.34. The summed E-state index contributed by atoms with van der Waals surface area (Å²) >= 11 is 0. The zero-order valence-electron chi connectivity index (χ0n) is 19.3. The number of oxime groups is 1. The summed E-state index contributed by atoms with van der Waals surface area (Å²) in [6.45, 7) is 6.24. The fourth-order valence-corrected chi connectivity index (χ4v) is 3.88. The average Bonchev–Trinajstić information content (AvgIpc) is 3.48. The predicted octanol–water partition coefficient (Wildman–Crippen LogP) is 4.91. The quantitative estimate of drug-likeness (QED) is 0.210. The Bertz CT molecular complexity index is 877. The Balaban J connectivity index is 1.45. The number of unbranched alkanes of at least 4 members (excludes halogenated alkanes) is 6. The third-order valence-electron chi connectivity index (χ3n) is 5.92. The molecular weight excluding hydrogens is 404 g/mol. The molecule has 32 heavy (non-hydrogen) atoms. The second kappa shape index (κ2) is 12.2. The molecule has 0 saturated carbocycles. The van der Waals surface area contributed by atoms with E-state index in [2.05, 4.69) is 22.2 Å². The van der Waals surface area contributed by atoms with Gasteiger partial charge in [0, 0.05) is 18.7 Å². The molecule has 2 heterocycles. The van der Waals surface area contributed by atoms with Gasteiger partial charge >= 0.3 is 0 Å². The van der Waals surface area contributed by atoms with Crippen molar-refractivity contribution in [1.29, 1.82) is 5.41 Å². The van der Waals surface area contributed by atoms with Gasteiger partial charge in [0.1, 0.15) is 6.61 Å². The summed E-state index contributed by atoms with van der Waals surface area (Å²) in [5.41, 5.74) is 8.31. The van der Waals surface area contributed by atoms with Gasteiger partial charge in [0.05, 0.1) is 11.6 Å². The van der Waals surface area contributed by atoms with Gasteiger partial charge in [-0.2, -0.15) is 4.98 Å². The van der Waals surface area contributed by atoms with Gasteiger partial charge in [0.2, 0.25) is 11.7 Å². The zero-order chi connectivity index (χ0) is 22.8. The number of likely N-dealkylation sites (tertiary alicyclic amines) is 1. The third-order valence-corrected chi connectivity index (χ3v) is 5.92. The van der Waals surface area contributed by atoms with Crippen molar-refractivity contribution in [2.75, 3.05) is 19.7 Å². The normalized spacial score (nSPS) is 16.5. The van der Waals surface area contributed by atoms with Crippen LogP contribution >= 0.6 is 0 Å². The molecule has 1 saturated heterocycles. The summed E-state index contributed by atoms with van der Waals surface area (Å²) < 4.78 is 5.48. The van der Waals surface area contributed by atoms with Crippen LogP contribution in [0.5, 0.6) is 0 Å². The molecule has 3 N–H and O–H groups in total. The molecule has 0 spiro atoms. The maximum atomic E-state index is 7.56. The number of rotatable bonds is 12. The van der Waals surface area contributed by atoms with Crippen LogP contribution < -0.4 is 5.73 Å².